The number of unbranched alkanes of at least 4 members (excludes halogenated alkanes) is 1. The van der Waals surface area contributed by atoms with Crippen LogP contribution in [0.5, 0.6) is 0 Å². The molecule has 0 aliphatic heterocycles. The van der Waals surface area contributed by atoms with E-state index in [-0.39, 0.29) is 0 Å². The molecule has 0 aromatic rings. The lowest BCUT2D eigenvalue weighted by Crippen LogP contribution is -2.12. The first-order valence-electron chi connectivity index (χ1n) is 4.66. The van der Waals surface area contributed by atoms with E-state index in [4.69, 9.17) is 0 Å². The highest BCUT2D eigenvalue weighted by molar-refractivity contribution is 6.38. The zero-order valence-electron chi connectivity index (χ0n) is 8.66. The van der Waals surface area contributed by atoms with E-state index in [9.17, 15) is 9.59 Å². The van der Waals surface area contributed by atoms with Crippen molar-refractivity contribution >= 4 is 11.8 Å². The summed E-state index contributed by atoms with van der Waals surface area (Å²) in [5, 5.41) is 0. The first-order valence-corrected chi connectivity index (χ1v) is 4.66. The first kappa shape index (κ1) is 12.6. The third-order valence-corrected chi connectivity index (χ3v) is 1.55. The van der Waals surface area contributed by atoms with Gasteiger partial charge in [-0.2, -0.15) is 0 Å². The molecule has 0 fully saturated rings. The van der Waals surface area contributed by atoms with E-state index in [1.165, 1.54) is 13.2 Å². The van der Waals surface area contributed by atoms with Crippen LogP contribution in [-0.2, 0) is 14.3 Å². The minimum Gasteiger partial charge on any atom is -0.463 e. The number of rotatable bonds is 6. The number of ketones is 1. The second-order valence-electron chi connectivity index (χ2n) is 2.75. The molecule has 3 nitrogen and oxygen atoms in total. The summed E-state index contributed by atoms with van der Waals surface area (Å²) < 4.78 is 4.25. The Morgan fingerprint density at radius 1 is 1.21 bits per heavy atom. The molecule has 3 heteroatoms. The summed E-state index contributed by atoms with van der Waals surface area (Å²) in [6.45, 7) is 2.10. The van der Waals surface area contributed by atoms with Crippen molar-refractivity contribution in [3.8, 4) is 0 Å². The lowest BCUT2D eigenvalue weighted by Gasteiger charge is -1.90. The number of methoxy groups -OCH3 is 1. The molecule has 0 aromatic carbocycles. The molecule has 0 saturated heterocycles. The molecule has 0 aliphatic carbocycles. The number of allylic oxidation sites excluding steroid dienone is 3. The molecule has 0 aromatic heterocycles. The summed E-state index contributed by atoms with van der Waals surface area (Å²) >= 11 is 0. The summed E-state index contributed by atoms with van der Waals surface area (Å²) in [7, 11) is 1.19. The van der Waals surface area contributed by atoms with Gasteiger partial charge in [-0.3, -0.25) is 4.79 Å². The van der Waals surface area contributed by atoms with Crippen LogP contribution in [0.2, 0.25) is 0 Å². The molecule has 0 bridgehead atoms. The third kappa shape index (κ3) is 6.17. The molecule has 0 N–H and O–H groups in total. The van der Waals surface area contributed by atoms with Crippen molar-refractivity contribution in [1.29, 1.82) is 0 Å². The van der Waals surface area contributed by atoms with Crippen molar-refractivity contribution in [3.63, 3.8) is 0 Å². The molecule has 0 aliphatic rings. The van der Waals surface area contributed by atoms with E-state index in [0.29, 0.717) is 6.42 Å². The van der Waals surface area contributed by atoms with Crippen molar-refractivity contribution in [1.82, 2.24) is 0 Å². The Kier molecular flexibility index (Phi) is 7.42. The van der Waals surface area contributed by atoms with E-state index in [1.807, 2.05) is 12.2 Å². The fourth-order valence-electron chi connectivity index (χ4n) is 0.803. The van der Waals surface area contributed by atoms with Crippen LogP contribution in [0.25, 0.3) is 0 Å². The van der Waals surface area contributed by atoms with E-state index in [0.717, 1.165) is 12.8 Å². The lowest BCUT2D eigenvalue weighted by molar-refractivity contribution is -0.149. The van der Waals surface area contributed by atoms with Gasteiger partial charge in [0.15, 0.2) is 0 Å². The lowest BCUT2D eigenvalue weighted by atomic mass is 10.2. The summed E-state index contributed by atoms with van der Waals surface area (Å²) in [4.78, 5) is 21.5. The maximum atomic E-state index is 10.9. The molecular weight excluding hydrogens is 180 g/mol. The number of hydrogen-bond acceptors (Lipinski definition) is 3. The van der Waals surface area contributed by atoms with Crippen LogP contribution in [0, 0.1) is 0 Å². The Labute approximate surface area is 84.4 Å². The van der Waals surface area contributed by atoms with E-state index < -0.39 is 11.8 Å². The van der Waals surface area contributed by atoms with Crippen LogP contribution in [0.3, 0.4) is 0 Å². The van der Waals surface area contributed by atoms with Crippen molar-refractivity contribution in [2.45, 2.75) is 26.2 Å². The molecule has 0 heterocycles. The molecule has 0 saturated carbocycles. The normalized spacial score (nSPS) is 11.0. The Bertz CT molecular complexity index is 239. The number of ether oxygens (including phenoxy) is 1. The Balaban J connectivity index is 3.72. The zero-order chi connectivity index (χ0) is 10.8. The van der Waals surface area contributed by atoms with Gasteiger partial charge in [-0.15, -0.1) is 0 Å². The Morgan fingerprint density at radius 3 is 2.50 bits per heavy atom. The van der Waals surface area contributed by atoms with E-state index >= 15 is 0 Å². The second kappa shape index (κ2) is 8.23. The van der Waals surface area contributed by atoms with Crippen LogP contribution >= 0.6 is 0 Å². The fraction of sp³-hybridized carbons (Fsp3) is 0.455. The van der Waals surface area contributed by atoms with Crippen molar-refractivity contribution in [3.05, 3.63) is 24.3 Å². The van der Waals surface area contributed by atoms with Crippen molar-refractivity contribution < 1.29 is 14.3 Å². The summed E-state index contributed by atoms with van der Waals surface area (Å²) in [5.74, 6) is -1.44. The standard InChI is InChI=1S/C11H16O3/c1-3-4-5-6-7-8-9-10(12)11(13)14-2/h5-6,8-9H,3-4,7H2,1-2H3/b6-5?,9-8+. The summed E-state index contributed by atoms with van der Waals surface area (Å²) in [6.07, 6.45) is 9.72. The van der Waals surface area contributed by atoms with Crippen LogP contribution in [0.1, 0.15) is 26.2 Å². The van der Waals surface area contributed by atoms with Gasteiger partial charge < -0.3 is 4.74 Å². The SMILES string of the molecule is CCCC=CC/C=C/C(=O)C(=O)OC. The quantitative estimate of drug-likeness (QED) is 0.282. The monoisotopic (exact) mass is 196 g/mol. The van der Waals surface area contributed by atoms with E-state index in [1.54, 1.807) is 6.08 Å². The third-order valence-electron chi connectivity index (χ3n) is 1.55. The van der Waals surface area contributed by atoms with Gasteiger partial charge in [0.2, 0.25) is 0 Å². The number of carbonyl (C=O) groups excluding carboxylic acids is 2. The van der Waals surface area contributed by atoms with Crippen molar-refractivity contribution in [2.75, 3.05) is 7.11 Å². The van der Waals surface area contributed by atoms with Gasteiger partial charge in [0, 0.05) is 0 Å². The highest BCUT2D eigenvalue weighted by Crippen LogP contribution is 1.93. The number of hydrogen-bond donors (Lipinski definition) is 0. The summed E-state index contributed by atoms with van der Waals surface area (Å²) in [6, 6.07) is 0. The molecule has 0 atom stereocenters. The van der Waals surface area contributed by atoms with Gasteiger partial charge in [0.1, 0.15) is 0 Å². The van der Waals surface area contributed by atoms with Gasteiger partial charge in [-0.25, -0.2) is 4.79 Å². The topological polar surface area (TPSA) is 43.4 Å². The first-order chi connectivity index (χ1) is 6.72. The average molecular weight is 196 g/mol. The van der Waals surface area contributed by atoms with Gasteiger partial charge >= 0.3 is 5.97 Å². The number of esters is 1. The minimum atomic E-state index is -0.821. The van der Waals surface area contributed by atoms with Gasteiger partial charge in [0.05, 0.1) is 7.11 Å². The molecule has 78 valence electrons. The second-order valence-corrected chi connectivity index (χ2v) is 2.75. The van der Waals surface area contributed by atoms with Crippen LogP contribution < -0.4 is 0 Å². The fourth-order valence-corrected chi connectivity index (χ4v) is 0.803. The smallest absolute Gasteiger partial charge is 0.378 e. The zero-order valence-corrected chi connectivity index (χ0v) is 8.66. The highest BCUT2D eigenvalue weighted by atomic mass is 16.5. The van der Waals surface area contributed by atoms with Crippen LogP contribution in [0.4, 0.5) is 0 Å². The maximum absolute atomic E-state index is 10.9. The van der Waals surface area contributed by atoms with Gasteiger partial charge in [0.25, 0.3) is 5.78 Å². The molecule has 0 rings (SSSR count). The van der Waals surface area contributed by atoms with Gasteiger partial charge in [-0.1, -0.05) is 31.6 Å². The molecule has 0 amide bonds. The van der Waals surface area contributed by atoms with Crippen molar-refractivity contribution in [2.24, 2.45) is 0 Å². The van der Waals surface area contributed by atoms with E-state index in [2.05, 4.69) is 11.7 Å². The molecule has 0 unspecified atom stereocenters. The molecule has 14 heavy (non-hydrogen) atoms. The average Bonchev–Trinajstić information content (AvgIpc) is 2.21. The number of carbonyl (C=O) groups is 2. The summed E-state index contributed by atoms with van der Waals surface area (Å²) in [5.41, 5.74) is 0. The predicted molar refractivity (Wildman–Crippen MR) is 54.8 cm³/mol. The maximum Gasteiger partial charge on any atom is 0.378 e. The molecular formula is C11H16O3. The van der Waals surface area contributed by atoms with Gasteiger partial charge in [-0.05, 0) is 18.9 Å². The highest BCUT2D eigenvalue weighted by Gasteiger charge is 2.07. The largest absolute Gasteiger partial charge is 0.463 e. The molecule has 0 spiro atoms. The predicted octanol–water partition coefficient (Wildman–Crippen LogP) is 2.03. The Morgan fingerprint density at radius 2 is 1.93 bits per heavy atom. The minimum absolute atomic E-state index is 0.614. The Hall–Kier alpha value is -1.38. The van der Waals surface area contributed by atoms with Crippen LogP contribution in [-0.4, -0.2) is 18.9 Å². The molecule has 0 radical (unpaired) electrons. The van der Waals surface area contributed by atoms with Crippen LogP contribution in [0.15, 0.2) is 24.3 Å².